The largest absolute Gasteiger partial charge is 1.00 e. The van der Waals surface area contributed by atoms with Crippen LogP contribution in [0, 0.1) is 0 Å². The first-order valence-electron chi connectivity index (χ1n) is 1.52. The molecule has 37 valence electrons. The van der Waals surface area contributed by atoms with Crippen molar-refractivity contribution in [2.45, 2.75) is 13.3 Å². The van der Waals surface area contributed by atoms with Crippen LogP contribution >= 0.6 is 0 Å². The summed E-state index contributed by atoms with van der Waals surface area (Å²) in [6, 6.07) is 0. The van der Waals surface area contributed by atoms with E-state index in [2.05, 4.69) is 0 Å². The van der Waals surface area contributed by atoms with Crippen LogP contribution in [0.15, 0.2) is 0 Å². The zero-order chi connectivity index (χ0) is 3.41. The Morgan fingerprint density at radius 3 is 2.00 bits per heavy atom. The maximum atomic E-state index is 7.88. The Balaban J connectivity index is -0.0000000450. The molecule has 0 spiro atoms. The Bertz CT molecular complexity index is 12.8. The molecule has 5 heavy (non-hydrogen) atoms. The van der Waals surface area contributed by atoms with Gasteiger partial charge in [-0.05, 0) is 6.42 Å². The van der Waals surface area contributed by atoms with Crippen molar-refractivity contribution < 1.29 is 28.9 Å². The molecule has 0 unspecified atom stereocenters. The van der Waals surface area contributed by atoms with E-state index >= 15 is 0 Å². The Morgan fingerprint density at radius 2 is 2.00 bits per heavy atom. The zero-order valence-corrected chi connectivity index (χ0v) is 4.65. The average Bonchev–Trinajstić information content (AvgIpc) is 1.37. The maximum Gasteiger partial charge on any atom is 1.00 e. The Hall–Kier alpha value is 0.700. The fourth-order valence-electron chi connectivity index (χ4n) is 0. The summed E-state index contributed by atoms with van der Waals surface area (Å²) in [5, 5.41) is 7.88. The summed E-state index contributed by atoms with van der Waals surface area (Å²) >= 11 is 0. The van der Waals surface area contributed by atoms with Crippen molar-refractivity contribution in [2.75, 3.05) is 6.61 Å². The third-order valence-electron chi connectivity index (χ3n) is 0.224. The molecule has 0 heterocycles. The second kappa shape index (κ2) is 8.83. The molecule has 0 aromatic rings. The molecule has 0 saturated heterocycles. The van der Waals surface area contributed by atoms with Gasteiger partial charge >= 0.3 is 1.43 Å². The van der Waals surface area contributed by atoms with Crippen molar-refractivity contribution in [3.8, 4) is 0 Å². The quantitative estimate of drug-likeness (QED) is 0.566. The molecule has 0 saturated carbocycles. The van der Waals surface area contributed by atoms with Crippen LogP contribution < -0.4 is 0 Å². The average molecular weight is 169 g/mol. The van der Waals surface area contributed by atoms with Crippen LogP contribution in [-0.2, 0) is 22.4 Å². The minimum atomic E-state index is 0. The van der Waals surface area contributed by atoms with Crippen LogP contribution in [0.1, 0.15) is 14.8 Å². The van der Waals surface area contributed by atoms with Crippen molar-refractivity contribution in [1.29, 1.82) is 0 Å². The molecule has 1 N–H and O–H groups in total. The van der Waals surface area contributed by atoms with Gasteiger partial charge in [0.25, 0.3) is 0 Å². The van der Waals surface area contributed by atoms with Crippen molar-refractivity contribution >= 4 is 0 Å². The number of hydrogen-bond acceptors (Lipinski definition) is 1. The molecule has 0 aliphatic carbocycles. The van der Waals surface area contributed by atoms with Gasteiger partial charge in [-0.25, -0.2) is 0 Å². The van der Waals surface area contributed by atoms with Gasteiger partial charge in [-0.15, -0.1) is 0 Å². The second-order valence-corrected chi connectivity index (χ2v) is 0.724. The molecule has 0 aliphatic heterocycles. The van der Waals surface area contributed by atoms with Crippen molar-refractivity contribution in [3.05, 3.63) is 0 Å². The van der Waals surface area contributed by atoms with E-state index in [1.54, 1.807) is 0 Å². The summed E-state index contributed by atoms with van der Waals surface area (Å²) in [6.07, 6.45) is 0.875. The smallest absolute Gasteiger partial charge is 0.396 e. The van der Waals surface area contributed by atoms with E-state index in [-0.39, 0.29) is 23.8 Å². The summed E-state index contributed by atoms with van der Waals surface area (Å²) < 4.78 is 0. The Kier molecular flexibility index (Phi) is 16.2. The van der Waals surface area contributed by atoms with E-state index in [4.69, 9.17) is 5.11 Å². The number of hydrogen-bond donors (Lipinski definition) is 1. The van der Waals surface area contributed by atoms with Crippen LogP contribution in [0.3, 0.4) is 0 Å². The van der Waals surface area contributed by atoms with E-state index in [9.17, 15) is 0 Å². The second-order valence-electron chi connectivity index (χ2n) is 0.724. The van der Waals surface area contributed by atoms with E-state index in [1.807, 2.05) is 6.92 Å². The Labute approximate surface area is 49.4 Å². The fraction of sp³-hybridized carbons (Fsp3) is 1.00. The molecule has 0 aromatic heterocycles. The molecule has 0 aromatic carbocycles. The molecule has 1 radical (unpaired) electrons. The number of rotatable bonds is 1. The zero-order valence-electron chi connectivity index (χ0n) is 4.16. The van der Waals surface area contributed by atoms with Crippen molar-refractivity contribution in [2.24, 2.45) is 0 Å². The van der Waals surface area contributed by atoms with Crippen LogP contribution in [-0.4, -0.2) is 11.7 Å². The molecule has 0 atom stereocenters. The summed E-state index contributed by atoms with van der Waals surface area (Å²) in [4.78, 5) is 0. The van der Waals surface area contributed by atoms with Gasteiger partial charge in [-0.1, -0.05) is 6.92 Å². The third-order valence-corrected chi connectivity index (χ3v) is 0.224. The van der Waals surface area contributed by atoms with Gasteiger partial charge in [0.2, 0.25) is 0 Å². The van der Waals surface area contributed by atoms with Crippen LogP contribution in [0.2, 0.25) is 0 Å². The van der Waals surface area contributed by atoms with Crippen molar-refractivity contribution in [3.63, 3.8) is 0 Å². The summed E-state index contributed by atoms with van der Waals surface area (Å²) in [5.41, 5.74) is 0. The van der Waals surface area contributed by atoms with Gasteiger partial charge in [0.15, 0.2) is 0 Å². The summed E-state index contributed by atoms with van der Waals surface area (Å²) in [6.45, 7) is 2.25. The molecule has 0 aliphatic rings. The molecule has 0 rings (SSSR count). The summed E-state index contributed by atoms with van der Waals surface area (Å²) in [7, 11) is 0. The molecule has 2 heteroatoms. The first-order valence-corrected chi connectivity index (χ1v) is 1.52. The third kappa shape index (κ3) is 11.9. The number of aliphatic hydroxyl groups is 1. The normalized spacial score (nSPS) is 6.00. The predicted octanol–water partition coefficient (Wildman–Crippen LogP) is 0.499. The van der Waals surface area contributed by atoms with E-state index in [0.29, 0.717) is 6.61 Å². The first-order chi connectivity index (χ1) is 1.91. The monoisotopic (exact) mass is 168 g/mol. The van der Waals surface area contributed by atoms with Gasteiger partial charge in [0.1, 0.15) is 0 Å². The predicted molar refractivity (Wildman–Crippen MR) is 18.5 cm³/mol. The van der Waals surface area contributed by atoms with Gasteiger partial charge in [-0.3, -0.25) is 0 Å². The number of aliphatic hydroxyl groups excluding tert-OH is 1. The molecule has 0 bridgehead atoms. The van der Waals surface area contributed by atoms with E-state index in [1.165, 1.54) is 0 Å². The van der Waals surface area contributed by atoms with Crippen LogP contribution in [0.5, 0.6) is 0 Å². The van der Waals surface area contributed by atoms with Crippen molar-refractivity contribution in [1.82, 2.24) is 0 Å². The maximum absolute atomic E-state index is 7.88. The first kappa shape index (κ1) is 9.20. The fourth-order valence-corrected chi connectivity index (χ4v) is 0. The standard InChI is InChI=1S/C3H8O.Ag/c1-2-3-4;/h4H,2-3H2,1H3;/p+1. The molecule has 0 amide bonds. The van der Waals surface area contributed by atoms with E-state index < -0.39 is 0 Å². The van der Waals surface area contributed by atoms with E-state index in [0.717, 1.165) is 6.42 Å². The minimum Gasteiger partial charge on any atom is -0.396 e. The SMILES string of the molecule is CCCO.[Ag].[H+]. The van der Waals surface area contributed by atoms with Gasteiger partial charge < -0.3 is 5.11 Å². The van der Waals surface area contributed by atoms with Gasteiger partial charge in [-0.2, -0.15) is 0 Å². The topological polar surface area (TPSA) is 20.2 Å². The van der Waals surface area contributed by atoms with Crippen LogP contribution in [0.4, 0.5) is 0 Å². The Morgan fingerprint density at radius 1 is 1.80 bits per heavy atom. The molecular weight excluding hydrogens is 160 g/mol. The minimum absolute atomic E-state index is 0. The van der Waals surface area contributed by atoms with Gasteiger partial charge in [0, 0.05) is 29.0 Å². The summed E-state index contributed by atoms with van der Waals surface area (Å²) in [5.74, 6) is 0. The molecule has 0 fully saturated rings. The van der Waals surface area contributed by atoms with Crippen LogP contribution in [0.25, 0.3) is 0 Å². The molecular formula is C3H9AgO+. The molecule has 1 nitrogen and oxygen atoms in total. The van der Waals surface area contributed by atoms with Gasteiger partial charge in [0.05, 0.1) is 0 Å².